The minimum Gasteiger partial charge on any atom is -0.508 e. The molecular formula is C46H61NO6. The average molecular weight is 724 g/mol. The highest BCUT2D eigenvalue weighted by molar-refractivity contribution is 6.00. The molecule has 13 atom stereocenters. The van der Waals surface area contributed by atoms with E-state index in [0.717, 1.165) is 48.9 Å². The minimum absolute atomic E-state index is 0.116. The molecule has 7 nitrogen and oxygen atoms in total. The van der Waals surface area contributed by atoms with Crippen LogP contribution in [0.15, 0.2) is 59.7 Å². The predicted octanol–water partition coefficient (Wildman–Crippen LogP) is 8.26. The van der Waals surface area contributed by atoms with Gasteiger partial charge in [-0.25, -0.2) is 0 Å². The summed E-state index contributed by atoms with van der Waals surface area (Å²) < 4.78 is 6.43. The Labute approximate surface area is 315 Å². The van der Waals surface area contributed by atoms with Gasteiger partial charge in [-0.3, -0.25) is 9.59 Å². The van der Waals surface area contributed by atoms with Crippen LogP contribution in [0.1, 0.15) is 129 Å². The first-order chi connectivity index (χ1) is 24.9. The molecule has 0 radical (unpaired) electrons. The number of carbonyl (C=O) groups is 2. The van der Waals surface area contributed by atoms with Crippen LogP contribution in [0, 0.1) is 45.3 Å². The van der Waals surface area contributed by atoms with Gasteiger partial charge < -0.3 is 25.8 Å². The number of anilines is 1. The number of nitrogens with two attached hydrogens (primary N) is 1. The van der Waals surface area contributed by atoms with Crippen LogP contribution in [0.25, 0.3) is 0 Å². The molecule has 0 spiro atoms. The number of aliphatic hydroxyl groups excluding tert-OH is 2. The van der Waals surface area contributed by atoms with Gasteiger partial charge in [-0.15, -0.1) is 0 Å². The molecule has 5 aliphatic carbocycles. The summed E-state index contributed by atoms with van der Waals surface area (Å²) in [6.45, 7) is 15.2. The predicted molar refractivity (Wildman–Crippen MR) is 206 cm³/mol. The Morgan fingerprint density at radius 2 is 1.66 bits per heavy atom. The Morgan fingerprint density at radius 3 is 2.38 bits per heavy atom. The van der Waals surface area contributed by atoms with Gasteiger partial charge >= 0.3 is 0 Å². The molecule has 0 bridgehead atoms. The number of ketones is 2. The van der Waals surface area contributed by atoms with Gasteiger partial charge in [-0.1, -0.05) is 77.8 Å². The molecular weight excluding hydrogens is 663 g/mol. The van der Waals surface area contributed by atoms with Gasteiger partial charge in [0.2, 0.25) is 0 Å². The minimum atomic E-state index is -0.755. The number of ether oxygens (including phenoxy) is 1. The van der Waals surface area contributed by atoms with Crippen LogP contribution in [0.2, 0.25) is 0 Å². The van der Waals surface area contributed by atoms with Crippen LogP contribution in [0.4, 0.5) is 5.69 Å². The van der Waals surface area contributed by atoms with Gasteiger partial charge in [0, 0.05) is 34.8 Å². The van der Waals surface area contributed by atoms with Crippen molar-refractivity contribution in [3.8, 4) is 5.75 Å². The number of hydrogen-bond donors (Lipinski definition) is 4. The van der Waals surface area contributed by atoms with Crippen molar-refractivity contribution >= 4 is 17.3 Å². The average Bonchev–Trinajstić information content (AvgIpc) is 3.39. The SMILES string of the molecule is CC(CC(O)C1OC1(C)C1CCCC1c1cccc(N)c1)C1=C2CCC3C4(C)CC(c5cccc(O)c5)C(=O)C(C)(C)C4C(O)CC3(C)C2(C)CC1=O. The zero-order valence-electron chi connectivity index (χ0n) is 32.8. The standard InChI is InChI=1S/C46H61NO6/c1-25(19-34(49)41-46(7,53-41)32-16-10-15-30(32)26-11-8-13-28(47)20-26)38-33-17-18-37-43(4)22-31(27-12-9-14-29(48)21-27)40(52)42(2,3)39(43)36(51)24-45(37,6)44(33,5)23-35(38)50/h8-9,11-14,20-21,25,30-32,34,36-37,39,41,48-49,51H,10,15-19,22-24,47H2,1-7H3. The van der Waals surface area contributed by atoms with Gasteiger partial charge in [0.1, 0.15) is 17.6 Å². The van der Waals surface area contributed by atoms with E-state index in [0.29, 0.717) is 37.5 Å². The van der Waals surface area contributed by atoms with Crippen LogP contribution in [-0.2, 0) is 14.3 Å². The van der Waals surface area contributed by atoms with Crippen molar-refractivity contribution in [1.82, 2.24) is 0 Å². The second-order valence-electron chi connectivity index (χ2n) is 19.8. The molecule has 13 unspecified atom stereocenters. The van der Waals surface area contributed by atoms with Crippen molar-refractivity contribution in [2.75, 3.05) is 5.73 Å². The highest BCUT2D eigenvalue weighted by Crippen LogP contribution is 2.75. The van der Waals surface area contributed by atoms with Crippen molar-refractivity contribution in [2.45, 2.75) is 142 Å². The number of aromatic hydroxyl groups is 1. The van der Waals surface area contributed by atoms with Gasteiger partial charge in [-0.2, -0.15) is 0 Å². The number of allylic oxidation sites excluding steroid dienone is 2. The molecule has 5 N–H and O–H groups in total. The summed E-state index contributed by atoms with van der Waals surface area (Å²) in [7, 11) is 0. The fraction of sp³-hybridized carbons (Fsp3) is 0.652. The highest BCUT2D eigenvalue weighted by Gasteiger charge is 2.71. The fourth-order valence-electron chi connectivity index (χ4n) is 14.3. The number of nitrogen functional groups attached to an aromatic ring is 1. The molecule has 1 heterocycles. The van der Waals surface area contributed by atoms with E-state index in [1.54, 1.807) is 12.1 Å². The van der Waals surface area contributed by atoms with Gasteiger partial charge in [0.05, 0.1) is 17.8 Å². The first-order valence-electron chi connectivity index (χ1n) is 20.4. The van der Waals surface area contributed by atoms with E-state index < -0.39 is 28.6 Å². The zero-order chi connectivity index (χ0) is 38.0. The Balaban J connectivity index is 1.05. The second-order valence-corrected chi connectivity index (χ2v) is 19.8. The molecule has 6 aliphatic rings. The second kappa shape index (κ2) is 12.2. The van der Waals surface area contributed by atoms with E-state index in [2.05, 4.69) is 46.8 Å². The summed E-state index contributed by atoms with van der Waals surface area (Å²) in [5.41, 5.74) is 8.82. The van der Waals surface area contributed by atoms with Crippen molar-refractivity contribution in [2.24, 2.45) is 45.3 Å². The maximum absolute atomic E-state index is 14.3. The number of hydrogen-bond acceptors (Lipinski definition) is 7. The van der Waals surface area contributed by atoms with E-state index in [1.165, 1.54) is 11.1 Å². The lowest BCUT2D eigenvalue weighted by Crippen LogP contribution is -2.67. The lowest BCUT2D eigenvalue weighted by atomic mass is 9.35. The van der Waals surface area contributed by atoms with E-state index in [-0.39, 0.29) is 57.9 Å². The third-order valence-corrected chi connectivity index (χ3v) is 16.6. The Bertz CT molecular complexity index is 1870. The molecule has 0 amide bonds. The number of Topliss-reactive ketones (excluding diaryl/α,β-unsaturated/α-hetero) is 2. The van der Waals surface area contributed by atoms with Crippen LogP contribution in [0.5, 0.6) is 5.75 Å². The monoisotopic (exact) mass is 723 g/mol. The van der Waals surface area contributed by atoms with Crippen molar-refractivity contribution in [1.29, 1.82) is 0 Å². The topological polar surface area (TPSA) is 133 Å². The summed E-state index contributed by atoms with van der Waals surface area (Å²) in [6.07, 6.45) is 5.40. The third-order valence-electron chi connectivity index (χ3n) is 16.6. The Morgan fingerprint density at radius 1 is 0.943 bits per heavy atom. The Kier molecular flexibility index (Phi) is 8.54. The van der Waals surface area contributed by atoms with Crippen molar-refractivity contribution < 1.29 is 29.6 Å². The first kappa shape index (κ1) is 36.9. The summed E-state index contributed by atoms with van der Waals surface area (Å²) in [4.78, 5) is 28.5. The molecule has 1 aliphatic heterocycles. The largest absolute Gasteiger partial charge is 0.508 e. The molecule has 2 aromatic rings. The summed E-state index contributed by atoms with van der Waals surface area (Å²) >= 11 is 0. The van der Waals surface area contributed by atoms with E-state index >= 15 is 0 Å². The number of carbonyl (C=O) groups excluding carboxylic acids is 2. The summed E-state index contributed by atoms with van der Waals surface area (Å²) in [6, 6.07) is 15.3. The molecule has 286 valence electrons. The fourth-order valence-corrected chi connectivity index (χ4v) is 14.3. The van der Waals surface area contributed by atoms with E-state index in [4.69, 9.17) is 10.5 Å². The number of epoxide rings is 1. The third kappa shape index (κ3) is 5.29. The van der Waals surface area contributed by atoms with Crippen LogP contribution in [0.3, 0.4) is 0 Å². The van der Waals surface area contributed by atoms with E-state index in [1.807, 2.05) is 38.1 Å². The molecule has 53 heavy (non-hydrogen) atoms. The van der Waals surface area contributed by atoms with Gasteiger partial charge in [-0.05, 0) is 127 Å². The van der Waals surface area contributed by atoms with Crippen LogP contribution in [-0.4, -0.2) is 50.8 Å². The van der Waals surface area contributed by atoms with Crippen molar-refractivity contribution in [3.63, 3.8) is 0 Å². The number of phenols is 1. The zero-order valence-corrected chi connectivity index (χ0v) is 32.8. The van der Waals surface area contributed by atoms with Gasteiger partial charge in [0.25, 0.3) is 0 Å². The number of rotatable bonds is 7. The summed E-state index contributed by atoms with van der Waals surface area (Å²) in [5.74, 6) is 0.621. The molecule has 7 heteroatoms. The lowest BCUT2D eigenvalue weighted by Gasteiger charge is -2.69. The molecule has 2 aromatic carbocycles. The number of aliphatic hydroxyl groups is 2. The lowest BCUT2D eigenvalue weighted by molar-refractivity contribution is -0.219. The molecule has 1 saturated heterocycles. The quantitative estimate of drug-likeness (QED) is 0.167. The van der Waals surface area contributed by atoms with Crippen LogP contribution >= 0.6 is 0 Å². The normalized spacial score (nSPS) is 42.8. The maximum atomic E-state index is 14.3. The highest BCUT2D eigenvalue weighted by atomic mass is 16.6. The van der Waals surface area contributed by atoms with E-state index in [9.17, 15) is 24.9 Å². The molecule has 8 rings (SSSR count). The molecule has 0 aromatic heterocycles. The Hall–Kier alpha value is -3.00. The van der Waals surface area contributed by atoms with Gasteiger partial charge in [0.15, 0.2) is 5.78 Å². The molecule has 5 fully saturated rings. The van der Waals surface area contributed by atoms with Crippen molar-refractivity contribution in [3.05, 3.63) is 70.8 Å². The first-order valence-corrected chi connectivity index (χ1v) is 20.4. The number of fused-ring (bicyclic) bond motifs is 5. The summed E-state index contributed by atoms with van der Waals surface area (Å²) in [5, 5.41) is 34.3. The maximum Gasteiger partial charge on any atom is 0.159 e. The van der Waals surface area contributed by atoms with Crippen LogP contribution < -0.4 is 5.73 Å². The smallest absolute Gasteiger partial charge is 0.159 e. The number of phenolic OH excluding ortho intramolecular Hbond substituents is 1. The number of benzene rings is 2. The molecule has 4 saturated carbocycles.